The van der Waals surface area contributed by atoms with E-state index >= 15 is 0 Å². The van der Waals surface area contributed by atoms with Crippen LogP contribution in [0.15, 0.2) is 40.8 Å². The fraction of sp³-hybridized carbons (Fsp3) is 0.450. The van der Waals surface area contributed by atoms with E-state index in [9.17, 15) is 4.79 Å². The number of carbonyl (C=O) groups is 1. The van der Waals surface area contributed by atoms with Crippen LogP contribution in [0.5, 0.6) is 0 Å². The van der Waals surface area contributed by atoms with E-state index in [2.05, 4.69) is 48.2 Å². The monoisotopic (exact) mass is 341 g/mol. The third-order valence-corrected chi connectivity index (χ3v) is 4.84. The van der Waals surface area contributed by atoms with Gasteiger partial charge in [0.25, 0.3) is 5.91 Å². The molecule has 0 saturated heterocycles. The minimum Gasteiger partial charge on any atom is -0.455 e. The lowest BCUT2D eigenvalue weighted by Crippen LogP contribution is -2.44. The minimum atomic E-state index is -0.0995. The van der Waals surface area contributed by atoms with Gasteiger partial charge < -0.3 is 9.32 Å². The van der Waals surface area contributed by atoms with Gasteiger partial charge in [-0.1, -0.05) is 24.3 Å². The summed E-state index contributed by atoms with van der Waals surface area (Å²) in [4.78, 5) is 18.1. The molecule has 25 heavy (non-hydrogen) atoms. The van der Waals surface area contributed by atoms with Crippen molar-refractivity contribution in [3.63, 3.8) is 0 Å². The predicted molar refractivity (Wildman–Crippen MR) is 98.5 cm³/mol. The largest absolute Gasteiger partial charge is 0.455 e. The van der Waals surface area contributed by atoms with Crippen molar-refractivity contribution < 1.29 is 9.21 Å². The maximum absolute atomic E-state index is 11.9. The molecule has 0 bridgehead atoms. The third kappa shape index (κ3) is 4.11. The van der Waals surface area contributed by atoms with Gasteiger partial charge in [-0.05, 0) is 43.8 Å². The zero-order valence-electron chi connectivity index (χ0n) is 15.5. The Balaban J connectivity index is 1.59. The van der Waals surface area contributed by atoms with E-state index in [0.717, 1.165) is 25.3 Å². The van der Waals surface area contributed by atoms with Crippen molar-refractivity contribution in [1.82, 2.24) is 14.7 Å². The van der Waals surface area contributed by atoms with Crippen molar-refractivity contribution in [2.45, 2.75) is 25.6 Å². The first-order valence-electron chi connectivity index (χ1n) is 8.70. The predicted octanol–water partition coefficient (Wildman–Crippen LogP) is 2.47. The first kappa shape index (κ1) is 17.7. The van der Waals surface area contributed by atoms with Gasteiger partial charge in [-0.15, -0.1) is 0 Å². The molecule has 0 fully saturated rings. The standard InChI is InChI=1S/C20H27N3O2/c1-21(2)20(24)19-10-9-18(25-19)14-22(3)13-17-11-15-7-5-6-8-16(15)12-23(17)4/h5-10,17H,11-14H2,1-4H3/t17-/m1/s1. The summed E-state index contributed by atoms with van der Waals surface area (Å²) < 4.78 is 5.70. The summed E-state index contributed by atoms with van der Waals surface area (Å²) in [6.45, 7) is 2.66. The number of rotatable bonds is 5. The molecule has 0 aliphatic carbocycles. The molecule has 0 saturated carbocycles. The number of fused-ring (bicyclic) bond motifs is 1. The molecular weight excluding hydrogens is 314 g/mol. The molecule has 3 rings (SSSR count). The van der Waals surface area contributed by atoms with Crippen LogP contribution < -0.4 is 0 Å². The number of nitrogens with zero attached hydrogens (tertiary/aromatic N) is 3. The highest BCUT2D eigenvalue weighted by atomic mass is 16.4. The van der Waals surface area contributed by atoms with E-state index in [1.54, 1.807) is 20.2 Å². The summed E-state index contributed by atoms with van der Waals surface area (Å²) in [7, 11) is 7.75. The van der Waals surface area contributed by atoms with Crippen molar-refractivity contribution in [2.75, 3.05) is 34.7 Å². The van der Waals surface area contributed by atoms with Crippen LogP contribution in [0, 0.1) is 0 Å². The smallest absolute Gasteiger partial charge is 0.289 e. The van der Waals surface area contributed by atoms with Crippen molar-refractivity contribution in [3.05, 3.63) is 59.0 Å². The first-order valence-corrected chi connectivity index (χ1v) is 8.70. The van der Waals surface area contributed by atoms with E-state index in [-0.39, 0.29) is 5.91 Å². The zero-order valence-corrected chi connectivity index (χ0v) is 15.5. The van der Waals surface area contributed by atoms with Crippen LogP contribution in [0.3, 0.4) is 0 Å². The zero-order chi connectivity index (χ0) is 18.0. The van der Waals surface area contributed by atoms with Gasteiger partial charge >= 0.3 is 0 Å². The Hall–Kier alpha value is -2.11. The summed E-state index contributed by atoms with van der Waals surface area (Å²) in [6, 6.07) is 12.8. The molecule has 1 aliphatic rings. The summed E-state index contributed by atoms with van der Waals surface area (Å²) in [6.07, 6.45) is 1.07. The molecular formula is C20H27N3O2. The highest BCUT2D eigenvalue weighted by Gasteiger charge is 2.24. The molecule has 0 N–H and O–H groups in total. The van der Waals surface area contributed by atoms with E-state index in [1.807, 2.05) is 6.07 Å². The highest BCUT2D eigenvalue weighted by molar-refractivity contribution is 5.91. The van der Waals surface area contributed by atoms with Crippen LogP contribution in [0.25, 0.3) is 0 Å². The van der Waals surface area contributed by atoms with Gasteiger partial charge in [-0.25, -0.2) is 0 Å². The maximum Gasteiger partial charge on any atom is 0.289 e. The highest BCUT2D eigenvalue weighted by Crippen LogP contribution is 2.22. The molecule has 1 aromatic carbocycles. The number of hydrogen-bond acceptors (Lipinski definition) is 4. The molecule has 1 amide bonds. The lowest BCUT2D eigenvalue weighted by atomic mass is 9.94. The number of likely N-dealkylation sites (N-methyl/N-ethyl adjacent to an activating group) is 2. The molecule has 0 radical (unpaired) electrons. The number of benzene rings is 1. The van der Waals surface area contributed by atoms with E-state index in [4.69, 9.17) is 4.42 Å². The molecule has 5 heteroatoms. The molecule has 5 nitrogen and oxygen atoms in total. The molecule has 2 heterocycles. The Bertz CT molecular complexity index is 738. The Morgan fingerprint density at radius 2 is 1.88 bits per heavy atom. The van der Waals surface area contributed by atoms with Crippen LogP contribution in [0.2, 0.25) is 0 Å². The van der Waals surface area contributed by atoms with E-state index in [0.29, 0.717) is 18.3 Å². The van der Waals surface area contributed by atoms with Crippen LogP contribution in [-0.4, -0.2) is 61.4 Å². The topological polar surface area (TPSA) is 39.9 Å². The maximum atomic E-state index is 11.9. The first-order chi connectivity index (χ1) is 11.9. The summed E-state index contributed by atoms with van der Waals surface area (Å²) >= 11 is 0. The lowest BCUT2D eigenvalue weighted by Gasteiger charge is -2.36. The summed E-state index contributed by atoms with van der Waals surface area (Å²) in [5, 5.41) is 0. The van der Waals surface area contributed by atoms with Gasteiger partial charge in [0.05, 0.1) is 6.54 Å². The fourth-order valence-corrected chi connectivity index (χ4v) is 3.41. The molecule has 134 valence electrons. The van der Waals surface area contributed by atoms with Gasteiger partial charge in [0.15, 0.2) is 5.76 Å². The van der Waals surface area contributed by atoms with Gasteiger partial charge in [0.2, 0.25) is 0 Å². The number of carbonyl (C=O) groups excluding carboxylic acids is 1. The second-order valence-corrected chi connectivity index (χ2v) is 7.20. The van der Waals surface area contributed by atoms with Crippen LogP contribution in [0.1, 0.15) is 27.4 Å². The van der Waals surface area contributed by atoms with E-state index in [1.165, 1.54) is 16.0 Å². The van der Waals surface area contributed by atoms with Gasteiger partial charge in [-0.3, -0.25) is 14.6 Å². The minimum absolute atomic E-state index is 0.0995. The Morgan fingerprint density at radius 3 is 2.60 bits per heavy atom. The van der Waals surface area contributed by atoms with Gasteiger partial charge in [-0.2, -0.15) is 0 Å². The Labute approximate surface area is 149 Å². The van der Waals surface area contributed by atoms with Crippen molar-refractivity contribution in [1.29, 1.82) is 0 Å². The van der Waals surface area contributed by atoms with Crippen molar-refractivity contribution in [3.8, 4) is 0 Å². The van der Waals surface area contributed by atoms with Gasteiger partial charge in [0, 0.05) is 33.2 Å². The number of amides is 1. The molecule has 1 aliphatic heterocycles. The van der Waals surface area contributed by atoms with Crippen molar-refractivity contribution in [2.24, 2.45) is 0 Å². The second kappa shape index (κ2) is 7.42. The van der Waals surface area contributed by atoms with E-state index < -0.39 is 0 Å². The Kier molecular flexibility index (Phi) is 5.25. The molecule has 0 spiro atoms. The summed E-state index contributed by atoms with van der Waals surface area (Å²) in [5.74, 6) is 1.13. The number of furan rings is 1. The van der Waals surface area contributed by atoms with Crippen LogP contribution in [0.4, 0.5) is 0 Å². The summed E-state index contributed by atoms with van der Waals surface area (Å²) in [5.41, 5.74) is 2.89. The fourth-order valence-electron chi connectivity index (χ4n) is 3.41. The lowest BCUT2D eigenvalue weighted by molar-refractivity contribution is 0.0792. The number of hydrogen-bond donors (Lipinski definition) is 0. The third-order valence-electron chi connectivity index (χ3n) is 4.84. The quantitative estimate of drug-likeness (QED) is 0.838. The van der Waals surface area contributed by atoms with Crippen molar-refractivity contribution >= 4 is 5.91 Å². The van der Waals surface area contributed by atoms with Crippen LogP contribution >= 0.6 is 0 Å². The molecule has 1 atom stereocenters. The Morgan fingerprint density at radius 1 is 1.16 bits per heavy atom. The second-order valence-electron chi connectivity index (χ2n) is 7.20. The molecule has 2 aromatic rings. The normalized spacial score (nSPS) is 17.6. The van der Waals surface area contributed by atoms with Gasteiger partial charge in [0.1, 0.15) is 5.76 Å². The molecule has 0 unspecified atom stereocenters. The van der Waals surface area contributed by atoms with Crippen LogP contribution in [-0.2, 0) is 19.5 Å². The molecule has 1 aromatic heterocycles. The average Bonchev–Trinajstić information content (AvgIpc) is 3.03. The SMILES string of the molecule is CN(Cc1ccc(C(=O)N(C)C)o1)C[C@H]1Cc2ccccc2CN1C. The average molecular weight is 341 g/mol.